The van der Waals surface area contributed by atoms with E-state index in [1.165, 1.54) is 0 Å². The van der Waals surface area contributed by atoms with Crippen molar-refractivity contribution in [3.8, 4) is 5.75 Å². The molecule has 1 heterocycles. The van der Waals surface area contributed by atoms with Crippen LogP contribution in [0.2, 0.25) is 0 Å². The molecular weight excluding hydrogens is 301 g/mol. The quantitative estimate of drug-likeness (QED) is 0.612. The Morgan fingerprint density at radius 1 is 1.38 bits per heavy atom. The van der Waals surface area contributed by atoms with Crippen LogP contribution in [0.1, 0.15) is 17.6 Å². The zero-order chi connectivity index (χ0) is 12.5. The van der Waals surface area contributed by atoms with Crippen molar-refractivity contribution in [1.29, 1.82) is 0 Å². The predicted molar refractivity (Wildman–Crippen MR) is 48.4 cm³/mol. The maximum absolute atomic E-state index is 12.6. The van der Waals surface area contributed by atoms with Gasteiger partial charge in [-0.3, -0.25) is 0 Å². The molecule has 0 aliphatic carbocycles. The molecule has 1 aromatic rings. The van der Waals surface area contributed by atoms with Crippen molar-refractivity contribution in [3.05, 3.63) is 21.9 Å². The van der Waals surface area contributed by atoms with Crippen molar-refractivity contribution < 1.29 is 26.7 Å². The van der Waals surface area contributed by atoms with Gasteiger partial charge >= 0.3 is 6.18 Å². The fraction of sp³-hybridized carbons (Fsp3) is 0.375. The van der Waals surface area contributed by atoms with E-state index in [4.69, 9.17) is 0 Å². The molecule has 1 rings (SSSR count). The number of rotatable bonds is 2. The third-order valence-corrected chi connectivity index (χ3v) is 2.36. The molecule has 0 aromatic carbocycles. The Morgan fingerprint density at radius 3 is 2.31 bits per heavy atom. The van der Waals surface area contributed by atoms with E-state index in [2.05, 4.69) is 25.7 Å². The Morgan fingerprint density at radius 2 is 1.94 bits per heavy atom. The first-order chi connectivity index (χ1) is 7.29. The number of pyridine rings is 1. The highest BCUT2D eigenvalue weighted by Gasteiger charge is 2.40. The number of hydrogen-bond acceptors (Lipinski definition) is 2. The monoisotopic (exact) mass is 305 g/mol. The van der Waals surface area contributed by atoms with Crippen LogP contribution in [-0.4, -0.2) is 12.1 Å². The van der Waals surface area contributed by atoms with Crippen LogP contribution in [-0.2, 0) is 6.18 Å². The van der Waals surface area contributed by atoms with Crippen LogP contribution >= 0.6 is 15.9 Å². The fourth-order valence-electron chi connectivity index (χ4n) is 1.13. The van der Waals surface area contributed by atoms with Gasteiger partial charge in [-0.25, -0.2) is 13.8 Å². The number of halogens is 6. The van der Waals surface area contributed by atoms with Crippen LogP contribution in [0.3, 0.4) is 0 Å². The molecule has 1 aromatic heterocycles. The van der Waals surface area contributed by atoms with Crippen LogP contribution in [0.4, 0.5) is 22.0 Å². The van der Waals surface area contributed by atoms with Crippen molar-refractivity contribution in [1.82, 2.24) is 4.98 Å². The lowest BCUT2D eigenvalue weighted by Gasteiger charge is -2.16. The van der Waals surface area contributed by atoms with Gasteiger partial charge in [-0.1, -0.05) is 0 Å². The molecule has 0 unspecified atom stereocenters. The van der Waals surface area contributed by atoms with Gasteiger partial charge in [0.25, 0.3) is 6.43 Å². The standard InChI is InChI=1S/C8H5BrF5NO/c1-16-3-2-15-6(9)5(8(12,13)14)4(3)7(10)11/h2,7H,1H3. The summed E-state index contributed by atoms with van der Waals surface area (Å²) in [7, 11) is 0.997. The molecule has 2 nitrogen and oxygen atoms in total. The number of aromatic nitrogens is 1. The number of hydrogen-bond donors (Lipinski definition) is 0. The molecule has 0 aliphatic rings. The first-order valence-corrected chi connectivity index (χ1v) is 4.66. The summed E-state index contributed by atoms with van der Waals surface area (Å²) in [5.74, 6) is -0.592. The third kappa shape index (κ3) is 2.42. The highest BCUT2D eigenvalue weighted by molar-refractivity contribution is 9.10. The maximum Gasteiger partial charge on any atom is 0.419 e. The molecule has 0 aliphatic heterocycles. The lowest BCUT2D eigenvalue weighted by molar-refractivity contribution is -0.140. The molecule has 0 N–H and O–H groups in total. The largest absolute Gasteiger partial charge is 0.495 e. The summed E-state index contributed by atoms with van der Waals surface area (Å²) in [5, 5.41) is 0. The smallest absolute Gasteiger partial charge is 0.419 e. The van der Waals surface area contributed by atoms with Crippen molar-refractivity contribution in [2.75, 3.05) is 7.11 Å². The van der Waals surface area contributed by atoms with E-state index < -0.39 is 34.1 Å². The van der Waals surface area contributed by atoms with Crippen LogP contribution in [0.5, 0.6) is 5.75 Å². The zero-order valence-corrected chi connectivity index (χ0v) is 9.36. The number of alkyl halides is 5. The van der Waals surface area contributed by atoms with Crippen LogP contribution in [0.15, 0.2) is 10.8 Å². The van der Waals surface area contributed by atoms with Crippen LogP contribution < -0.4 is 4.74 Å². The highest BCUT2D eigenvalue weighted by atomic mass is 79.9. The molecular formula is C8H5BrF5NO. The molecule has 0 saturated heterocycles. The molecule has 0 radical (unpaired) electrons. The van der Waals surface area contributed by atoms with Gasteiger partial charge < -0.3 is 4.74 Å². The average Bonchev–Trinajstić information content (AvgIpc) is 2.15. The van der Waals surface area contributed by atoms with Crippen LogP contribution in [0, 0.1) is 0 Å². The molecule has 0 amide bonds. The average molecular weight is 306 g/mol. The highest BCUT2D eigenvalue weighted by Crippen LogP contribution is 2.43. The van der Waals surface area contributed by atoms with Crippen molar-refractivity contribution in [3.63, 3.8) is 0 Å². The van der Waals surface area contributed by atoms with E-state index >= 15 is 0 Å². The molecule has 0 fully saturated rings. The summed E-state index contributed by atoms with van der Waals surface area (Å²) < 4.78 is 66.4. The summed E-state index contributed by atoms with van der Waals surface area (Å²) in [6.45, 7) is 0. The number of methoxy groups -OCH3 is 1. The molecule has 90 valence electrons. The molecule has 0 saturated carbocycles. The SMILES string of the molecule is COc1cnc(Br)c(C(F)(F)F)c1C(F)F. The Labute approximate surface area is 95.6 Å². The number of nitrogens with zero attached hydrogens (tertiary/aromatic N) is 1. The van der Waals surface area contributed by atoms with Crippen molar-refractivity contribution >= 4 is 15.9 Å². The second kappa shape index (κ2) is 4.52. The van der Waals surface area contributed by atoms with Gasteiger partial charge in [0.15, 0.2) is 0 Å². The van der Waals surface area contributed by atoms with Gasteiger partial charge in [-0.2, -0.15) is 13.2 Å². The molecule has 0 spiro atoms. The van der Waals surface area contributed by atoms with Gasteiger partial charge in [-0.05, 0) is 15.9 Å². The van der Waals surface area contributed by atoms with Gasteiger partial charge in [0.1, 0.15) is 15.9 Å². The topological polar surface area (TPSA) is 22.1 Å². The maximum atomic E-state index is 12.6. The normalized spacial score (nSPS) is 12.0. The van der Waals surface area contributed by atoms with Gasteiger partial charge in [0.2, 0.25) is 0 Å². The summed E-state index contributed by atoms with van der Waals surface area (Å²) >= 11 is 2.49. The Bertz CT molecular complexity index is 393. The van der Waals surface area contributed by atoms with Gasteiger partial charge in [-0.15, -0.1) is 0 Å². The molecule has 8 heteroatoms. The van der Waals surface area contributed by atoms with E-state index in [-0.39, 0.29) is 0 Å². The summed E-state index contributed by atoms with van der Waals surface area (Å²) in [5.41, 5.74) is -2.72. The van der Waals surface area contributed by atoms with E-state index in [0.29, 0.717) is 0 Å². The van der Waals surface area contributed by atoms with Gasteiger partial charge in [0, 0.05) is 0 Å². The van der Waals surface area contributed by atoms with Crippen LogP contribution in [0.25, 0.3) is 0 Å². The third-order valence-electron chi connectivity index (χ3n) is 1.76. The molecule has 16 heavy (non-hydrogen) atoms. The summed E-state index contributed by atoms with van der Waals surface area (Å²) in [4.78, 5) is 3.30. The van der Waals surface area contributed by atoms with E-state index in [9.17, 15) is 22.0 Å². The molecule has 0 atom stereocenters. The predicted octanol–water partition coefficient (Wildman–Crippen LogP) is 3.81. The van der Waals surface area contributed by atoms with E-state index in [1.807, 2.05) is 0 Å². The first-order valence-electron chi connectivity index (χ1n) is 3.86. The second-order valence-electron chi connectivity index (χ2n) is 2.70. The second-order valence-corrected chi connectivity index (χ2v) is 3.46. The molecule has 0 bridgehead atoms. The Kier molecular flexibility index (Phi) is 3.72. The summed E-state index contributed by atoms with van der Waals surface area (Å²) in [6.07, 6.45) is -7.42. The minimum absolute atomic E-state index is 0.592. The van der Waals surface area contributed by atoms with Crippen molar-refractivity contribution in [2.24, 2.45) is 0 Å². The Balaban J connectivity index is 3.55. The minimum atomic E-state index is -4.92. The van der Waals surface area contributed by atoms with E-state index in [0.717, 1.165) is 13.3 Å². The minimum Gasteiger partial charge on any atom is -0.495 e. The lowest BCUT2D eigenvalue weighted by atomic mass is 10.1. The number of ether oxygens (including phenoxy) is 1. The fourth-order valence-corrected chi connectivity index (χ4v) is 1.67. The van der Waals surface area contributed by atoms with Crippen molar-refractivity contribution in [2.45, 2.75) is 12.6 Å². The van der Waals surface area contributed by atoms with E-state index in [1.54, 1.807) is 0 Å². The Hall–Kier alpha value is -0.920. The first kappa shape index (κ1) is 13.1. The summed E-state index contributed by atoms with van der Waals surface area (Å²) in [6, 6.07) is 0. The lowest BCUT2D eigenvalue weighted by Crippen LogP contribution is -2.13. The zero-order valence-electron chi connectivity index (χ0n) is 7.78. The van der Waals surface area contributed by atoms with Gasteiger partial charge in [0.05, 0.1) is 18.9 Å².